The zero-order chi connectivity index (χ0) is 13.9. The summed E-state index contributed by atoms with van der Waals surface area (Å²) in [5.41, 5.74) is 3.39. The average molecular weight is 286 g/mol. The van der Waals surface area contributed by atoms with Crippen LogP contribution < -0.4 is 10.6 Å². The number of rotatable bonds is 4. The number of amides is 1. The Morgan fingerprint density at radius 3 is 3.00 bits per heavy atom. The van der Waals surface area contributed by atoms with E-state index in [0.29, 0.717) is 0 Å². The van der Waals surface area contributed by atoms with Crippen molar-refractivity contribution >= 4 is 22.9 Å². The number of hydrogen-bond donors (Lipinski definition) is 2. The molecule has 0 saturated carbocycles. The van der Waals surface area contributed by atoms with E-state index in [-0.39, 0.29) is 5.91 Å². The van der Waals surface area contributed by atoms with Crippen LogP contribution >= 0.6 is 11.3 Å². The lowest BCUT2D eigenvalue weighted by Crippen LogP contribution is -2.11. The van der Waals surface area contributed by atoms with Gasteiger partial charge < -0.3 is 10.6 Å². The normalized spacial score (nSPS) is 13.2. The topological polar surface area (TPSA) is 41.1 Å². The van der Waals surface area contributed by atoms with Crippen molar-refractivity contribution < 1.29 is 4.79 Å². The molecular formula is C16H18N2OS. The highest BCUT2D eigenvalue weighted by molar-refractivity contribution is 7.14. The van der Waals surface area contributed by atoms with Crippen molar-refractivity contribution in [3.05, 3.63) is 51.2 Å². The fraction of sp³-hybridized carbons (Fsp3) is 0.312. The minimum atomic E-state index is 0.00556. The van der Waals surface area contributed by atoms with Crippen molar-refractivity contribution in [3.63, 3.8) is 0 Å². The highest BCUT2D eigenvalue weighted by atomic mass is 32.1. The summed E-state index contributed by atoms with van der Waals surface area (Å²) in [6.07, 6.45) is 3.48. The molecule has 0 bridgehead atoms. The second-order valence-corrected chi connectivity index (χ2v) is 6.23. The highest BCUT2D eigenvalue weighted by Crippen LogP contribution is 2.31. The molecule has 4 heteroatoms. The van der Waals surface area contributed by atoms with Gasteiger partial charge in [-0.05, 0) is 55.6 Å². The Morgan fingerprint density at radius 2 is 2.20 bits per heavy atom. The highest BCUT2D eigenvalue weighted by Gasteiger charge is 2.18. The van der Waals surface area contributed by atoms with Crippen LogP contribution in [0, 0.1) is 0 Å². The first-order valence-electron chi connectivity index (χ1n) is 6.93. The number of fused-ring (bicyclic) bond motifs is 1. The maximum Gasteiger partial charge on any atom is 0.265 e. The summed E-state index contributed by atoms with van der Waals surface area (Å²) in [4.78, 5) is 14.5. The van der Waals surface area contributed by atoms with E-state index < -0.39 is 0 Å². The second-order valence-electron chi connectivity index (χ2n) is 5.10. The molecule has 2 aromatic rings. The standard InChI is InChI=1S/C16H18N2OS/c1-17-10-11-4-2-6-13(8-11)18-16(19)15-9-12-5-3-7-14(12)20-15/h2,4,6,8-9,17H,3,5,7,10H2,1H3,(H,18,19). The largest absolute Gasteiger partial charge is 0.321 e. The zero-order valence-electron chi connectivity index (χ0n) is 11.5. The van der Waals surface area contributed by atoms with Gasteiger partial charge in [0.2, 0.25) is 0 Å². The van der Waals surface area contributed by atoms with Crippen molar-refractivity contribution in [1.29, 1.82) is 0 Å². The van der Waals surface area contributed by atoms with Gasteiger partial charge >= 0.3 is 0 Å². The van der Waals surface area contributed by atoms with Gasteiger partial charge in [-0.25, -0.2) is 0 Å². The van der Waals surface area contributed by atoms with Crippen LogP contribution in [0.15, 0.2) is 30.3 Å². The summed E-state index contributed by atoms with van der Waals surface area (Å²) in [5.74, 6) is 0.00556. The first kappa shape index (κ1) is 13.3. The van der Waals surface area contributed by atoms with Crippen molar-refractivity contribution in [2.45, 2.75) is 25.8 Å². The van der Waals surface area contributed by atoms with E-state index in [2.05, 4.69) is 16.7 Å². The van der Waals surface area contributed by atoms with Gasteiger partial charge in [-0.1, -0.05) is 12.1 Å². The van der Waals surface area contributed by atoms with Gasteiger partial charge in [0.1, 0.15) is 0 Å². The average Bonchev–Trinajstić information content (AvgIpc) is 3.00. The molecule has 0 radical (unpaired) electrons. The lowest BCUT2D eigenvalue weighted by Gasteiger charge is -2.06. The van der Waals surface area contributed by atoms with Crippen molar-refractivity contribution in [2.24, 2.45) is 0 Å². The van der Waals surface area contributed by atoms with Crippen LogP contribution in [0.2, 0.25) is 0 Å². The first-order valence-corrected chi connectivity index (χ1v) is 7.74. The molecule has 1 amide bonds. The summed E-state index contributed by atoms with van der Waals surface area (Å²) in [6, 6.07) is 10.0. The third-order valence-corrected chi connectivity index (χ3v) is 4.77. The van der Waals surface area contributed by atoms with Crippen LogP contribution in [-0.2, 0) is 19.4 Å². The molecule has 1 aliphatic carbocycles. The minimum Gasteiger partial charge on any atom is -0.321 e. The smallest absolute Gasteiger partial charge is 0.265 e. The zero-order valence-corrected chi connectivity index (χ0v) is 12.3. The van der Waals surface area contributed by atoms with Gasteiger partial charge in [0.25, 0.3) is 5.91 Å². The Hall–Kier alpha value is -1.65. The molecule has 1 aliphatic rings. The van der Waals surface area contributed by atoms with E-state index in [1.807, 2.05) is 31.3 Å². The van der Waals surface area contributed by atoms with Crippen LogP contribution in [0.1, 0.15) is 32.1 Å². The van der Waals surface area contributed by atoms with Crippen molar-refractivity contribution in [1.82, 2.24) is 5.32 Å². The van der Waals surface area contributed by atoms with Crippen LogP contribution in [0.5, 0.6) is 0 Å². The van der Waals surface area contributed by atoms with E-state index in [1.54, 1.807) is 11.3 Å². The Bertz CT molecular complexity index is 612. The Balaban J connectivity index is 1.73. The maximum atomic E-state index is 12.3. The molecular weight excluding hydrogens is 268 g/mol. The quantitative estimate of drug-likeness (QED) is 0.906. The number of anilines is 1. The van der Waals surface area contributed by atoms with E-state index in [1.165, 1.54) is 22.4 Å². The molecule has 0 aliphatic heterocycles. The van der Waals surface area contributed by atoms with Gasteiger partial charge in [0.05, 0.1) is 4.88 Å². The van der Waals surface area contributed by atoms with Crippen molar-refractivity contribution in [2.75, 3.05) is 12.4 Å². The maximum absolute atomic E-state index is 12.3. The fourth-order valence-electron chi connectivity index (χ4n) is 2.60. The number of aryl methyl sites for hydroxylation is 2. The molecule has 0 atom stereocenters. The summed E-state index contributed by atoms with van der Waals surface area (Å²) in [7, 11) is 1.92. The van der Waals surface area contributed by atoms with Crippen LogP contribution in [0.25, 0.3) is 0 Å². The molecule has 0 unspecified atom stereocenters. The monoisotopic (exact) mass is 286 g/mol. The predicted octanol–water partition coefficient (Wildman–Crippen LogP) is 3.21. The molecule has 1 heterocycles. The first-order chi connectivity index (χ1) is 9.76. The molecule has 0 fully saturated rings. The van der Waals surface area contributed by atoms with Gasteiger partial charge in [0, 0.05) is 17.1 Å². The van der Waals surface area contributed by atoms with E-state index >= 15 is 0 Å². The van der Waals surface area contributed by atoms with E-state index in [0.717, 1.165) is 30.0 Å². The number of carbonyl (C=O) groups excluding carboxylic acids is 1. The fourth-order valence-corrected chi connectivity index (χ4v) is 3.75. The lowest BCUT2D eigenvalue weighted by molar-refractivity contribution is 0.103. The predicted molar refractivity (Wildman–Crippen MR) is 83.5 cm³/mol. The second kappa shape index (κ2) is 5.77. The Morgan fingerprint density at radius 1 is 1.30 bits per heavy atom. The lowest BCUT2D eigenvalue weighted by atomic mass is 10.2. The molecule has 20 heavy (non-hydrogen) atoms. The minimum absolute atomic E-state index is 0.00556. The van der Waals surface area contributed by atoms with Crippen molar-refractivity contribution in [3.8, 4) is 0 Å². The molecule has 1 aromatic carbocycles. The molecule has 0 saturated heterocycles. The number of carbonyl (C=O) groups is 1. The van der Waals surface area contributed by atoms with Crippen LogP contribution in [-0.4, -0.2) is 13.0 Å². The summed E-state index contributed by atoms with van der Waals surface area (Å²) >= 11 is 1.64. The van der Waals surface area contributed by atoms with E-state index in [4.69, 9.17) is 0 Å². The van der Waals surface area contributed by atoms with Gasteiger partial charge in [0.15, 0.2) is 0 Å². The number of nitrogens with one attached hydrogen (secondary N) is 2. The SMILES string of the molecule is CNCc1cccc(NC(=O)c2cc3c(s2)CCC3)c1. The molecule has 104 valence electrons. The third-order valence-electron chi connectivity index (χ3n) is 3.54. The summed E-state index contributed by atoms with van der Waals surface area (Å²) in [5, 5.41) is 6.10. The Labute approximate surface area is 123 Å². The van der Waals surface area contributed by atoms with Crippen LogP contribution in [0.3, 0.4) is 0 Å². The molecule has 1 aromatic heterocycles. The Kier molecular flexibility index (Phi) is 3.85. The molecule has 2 N–H and O–H groups in total. The van der Waals surface area contributed by atoms with Gasteiger partial charge in [-0.2, -0.15) is 0 Å². The number of hydrogen-bond acceptors (Lipinski definition) is 3. The molecule has 3 rings (SSSR count). The third kappa shape index (κ3) is 2.76. The van der Waals surface area contributed by atoms with Gasteiger partial charge in [-0.15, -0.1) is 11.3 Å². The summed E-state index contributed by atoms with van der Waals surface area (Å²) < 4.78 is 0. The number of thiophene rings is 1. The van der Waals surface area contributed by atoms with Gasteiger partial charge in [-0.3, -0.25) is 4.79 Å². The van der Waals surface area contributed by atoms with Crippen LogP contribution in [0.4, 0.5) is 5.69 Å². The molecule has 0 spiro atoms. The summed E-state index contributed by atoms with van der Waals surface area (Å²) in [6.45, 7) is 0.803. The van der Waals surface area contributed by atoms with E-state index in [9.17, 15) is 4.79 Å². The number of benzene rings is 1. The molecule has 3 nitrogen and oxygen atoms in total.